The third-order valence-electron chi connectivity index (χ3n) is 3.99. The Balaban J connectivity index is 1.85. The molecule has 3 nitrogen and oxygen atoms in total. The second kappa shape index (κ2) is 5.45. The minimum Gasteiger partial charge on any atom is -0.310 e. The fraction of sp³-hybridized carbons (Fsp3) is 0.250. The van der Waals surface area contributed by atoms with E-state index < -0.39 is 5.41 Å². The maximum Gasteiger partial charge on any atom is 0.236 e. The predicted molar refractivity (Wildman–Crippen MR) is 79.8 cm³/mol. The molecule has 1 aromatic heterocycles. The van der Waals surface area contributed by atoms with Crippen molar-refractivity contribution in [1.82, 2.24) is 4.98 Å². The van der Waals surface area contributed by atoms with Gasteiger partial charge in [0.25, 0.3) is 0 Å². The topological polar surface area (TPSA) is 42.0 Å². The van der Waals surface area contributed by atoms with Crippen LogP contribution < -0.4 is 5.32 Å². The van der Waals surface area contributed by atoms with Crippen molar-refractivity contribution in [2.24, 2.45) is 0 Å². The largest absolute Gasteiger partial charge is 0.310 e. The van der Waals surface area contributed by atoms with Gasteiger partial charge in [0.2, 0.25) is 5.91 Å². The van der Waals surface area contributed by atoms with Gasteiger partial charge in [0, 0.05) is 6.20 Å². The quantitative estimate of drug-likeness (QED) is 0.933. The average Bonchev–Trinajstić information content (AvgIpc) is 2.40. The van der Waals surface area contributed by atoms with Gasteiger partial charge < -0.3 is 5.32 Å². The molecule has 1 heterocycles. The molecular formula is C16H14ClFN2O. The lowest BCUT2D eigenvalue weighted by molar-refractivity contribution is -0.124. The van der Waals surface area contributed by atoms with Crippen molar-refractivity contribution in [1.29, 1.82) is 0 Å². The van der Waals surface area contributed by atoms with Crippen LogP contribution in [0.4, 0.5) is 10.2 Å². The second-order valence-electron chi connectivity index (χ2n) is 5.26. The first-order valence-electron chi connectivity index (χ1n) is 6.79. The Labute approximate surface area is 127 Å². The number of hydrogen-bond acceptors (Lipinski definition) is 2. The van der Waals surface area contributed by atoms with Crippen LogP contribution in [0.5, 0.6) is 0 Å². The van der Waals surface area contributed by atoms with Gasteiger partial charge in [-0.25, -0.2) is 9.37 Å². The number of carbonyl (C=O) groups is 1. The highest BCUT2D eigenvalue weighted by Crippen LogP contribution is 2.44. The molecule has 2 aromatic rings. The molecule has 108 valence electrons. The summed E-state index contributed by atoms with van der Waals surface area (Å²) in [6.45, 7) is 0. The molecule has 0 bridgehead atoms. The number of carbonyl (C=O) groups excluding carboxylic acids is 1. The van der Waals surface area contributed by atoms with Crippen LogP contribution in [-0.2, 0) is 10.2 Å². The van der Waals surface area contributed by atoms with Crippen molar-refractivity contribution in [3.63, 3.8) is 0 Å². The molecule has 1 fully saturated rings. The Kier molecular flexibility index (Phi) is 3.64. The summed E-state index contributed by atoms with van der Waals surface area (Å²) < 4.78 is 13.4. The number of rotatable bonds is 3. The van der Waals surface area contributed by atoms with Gasteiger partial charge in [-0.15, -0.1) is 0 Å². The van der Waals surface area contributed by atoms with Crippen LogP contribution in [0.25, 0.3) is 0 Å². The normalized spacial score (nSPS) is 16.1. The van der Waals surface area contributed by atoms with Gasteiger partial charge in [0.05, 0.1) is 10.4 Å². The van der Waals surface area contributed by atoms with Gasteiger partial charge in [-0.3, -0.25) is 4.79 Å². The number of hydrogen-bond donors (Lipinski definition) is 1. The maximum atomic E-state index is 13.4. The van der Waals surface area contributed by atoms with Crippen LogP contribution in [0.2, 0.25) is 5.02 Å². The van der Waals surface area contributed by atoms with E-state index in [-0.39, 0.29) is 11.7 Å². The molecule has 0 aliphatic heterocycles. The molecule has 1 aliphatic rings. The van der Waals surface area contributed by atoms with E-state index in [1.54, 1.807) is 24.3 Å². The molecule has 3 rings (SSSR count). The maximum absolute atomic E-state index is 13.4. The van der Waals surface area contributed by atoms with Crippen LogP contribution in [-0.4, -0.2) is 10.9 Å². The number of pyridine rings is 1. The minimum atomic E-state index is -0.649. The smallest absolute Gasteiger partial charge is 0.236 e. The lowest BCUT2D eigenvalue weighted by Crippen LogP contribution is -2.46. The number of aromatic nitrogens is 1. The van der Waals surface area contributed by atoms with Gasteiger partial charge in [-0.05, 0) is 42.7 Å². The molecular weight excluding hydrogens is 291 g/mol. The van der Waals surface area contributed by atoms with Crippen molar-refractivity contribution in [3.8, 4) is 0 Å². The van der Waals surface area contributed by atoms with Gasteiger partial charge in [0.15, 0.2) is 0 Å². The van der Waals surface area contributed by atoms with Crippen LogP contribution in [0, 0.1) is 5.82 Å². The van der Waals surface area contributed by atoms with Gasteiger partial charge >= 0.3 is 0 Å². The van der Waals surface area contributed by atoms with E-state index in [0.717, 1.165) is 24.8 Å². The molecule has 0 radical (unpaired) electrons. The highest BCUT2D eigenvalue weighted by Gasteiger charge is 2.45. The monoisotopic (exact) mass is 304 g/mol. The first-order chi connectivity index (χ1) is 10.1. The van der Waals surface area contributed by atoms with E-state index in [4.69, 9.17) is 11.6 Å². The molecule has 1 saturated carbocycles. The van der Waals surface area contributed by atoms with Gasteiger partial charge in [-0.1, -0.05) is 30.2 Å². The standard InChI is InChI=1S/C16H14ClFN2O/c17-12-5-6-14(19-10-12)20-15(21)16(7-2-8-16)11-3-1-4-13(18)9-11/h1,3-6,9-10H,2,7-8H2,(H,19,20,21). The molecule has 1 amide bonds. The lowest BCUT2D eigenvalue weighted by atomic mass is 9.64. The third kappa shape index (κ3) is 2.63. The summed E-state index contributed by atoms with van der Waals surface area (Å²) in [6.07, 6.45) is 3.87. The van der Waals surface area contributed by atoms with Gasteiger partial charge in [-0.2, -0.15) is 0 Å². The summed E-state index contributed by atoms with van der Waals surface area (Å²) in [7, 11) is 0. The highest BCUT2D eigenvalue weighted by atomic mass is 35.5. The summed E-state index contributed by atoms with van der Waals surface area (Å²) in [5.74, 6) is -0.0163. The molecule has 0 saturated heterocycles. The number of anilines is 1. The minimum absolute atomic E-state index is 0.144. The summed E-state index contributed by atoms with van der Waals surface area (Å²) >= 11 is 5.77. The van der Waals surface area contributed by atoms with Crippen LogP contribution in [0.3, 0.4) is 0 Å². The summed E-state index contributed by atoms with van der Waals surface area (Å²) in [5.41, 5.74) is 0.0730. The predicted octanol–water partition coefficient (Wildman–Crippen LogP) is 3.93. The number of nitrogens with zero attached hydrogens (tertiary/aromatic N) is 1. The lowest BCUT2D eigenvalue weighted by Gasteiger charge is -2.40. The Morgan fingerprint density at radius 2 is 2.10 bits per heavy atom. The van der Waals surface area contributed by atoms with Crippen molar-refractivity contribution < 1.29 is 9.18 Å². The molecule has 21 heavy (non-hydrogen) atoms. The molecule has 0 atom stereocenters. The number of nitrogens with one attached hydrogen (secondary N) is 1. The van der Waals surface area contributed by atoms with E-state index in [0.29, 0.717) is 10.8 Å². The van der Waals surface area contributed by atoms with Crippen LogP contribution in [0.15, 0.2) is 42.6 Å². The zero-order valence-electron chi connectivity index (χ0n) is 11.3. The zero-order valence-corrected chi connectivity index (χ0v) is 12.0. The zero-order chi connectivity index (χ0) is 14.9. The third-order valence-corrected chi connectivity index (χ3v) is 4.21. The molecule has 5 heteroatoms. The van der Waals surface area contributed by atoms with E-state index in [1.165, 1.54) is 18.3 Å². The Bertz CT molecular complexity index is 668. The number of benzene rings is 1. The SMILES string of the molecule is O=C(Nc1ccc(Cl)cn1)C1(c2cccc(F)c2)CCC1. The first kappa shape index (κ1) is 14.0. The fourth-order valence-electron chi connectivity index (χ4n) is 2.65. The Morgan fingerprint density at radius 1 is 1.29 bits per heavy atom. The summed E-state index contributed by atoms with van der Waals surface area (Å²) in [5, 5.41) is 3.31. The fourth-order valence-corrected chi connectivity index (χ4v) is 2.76. The Morgan fingerprint density at radius 3 is 2.67 bits per heavy atom. The Hall–Kier alpha value is -1.94. The first-order valence-corrected chi connectivity index (χ1v) is 7.17. The molecule has 1 N–H and O–H groups in total. The highest BCUT2D eigenvalue weighted by molar-refractivity contribution is 6.30. The van der Waals surface area contributed by atoms with Crippen molar-refractivity contribution in [2.75, 3.05) is 5.32 Å². The van der Waals surface area contributed by atoms with Crippen LogP contribution >= 0.6 is 11.6 Å². The average molecular weight is 305 g/mol. The summed E-state index contributed by atoms with van der Waals surface area (Å²) in [4.78, 5) is 16.7. The number of halogens is 2. The second-order valence-corrected chi connectivity index (χ2v) is 5.70. The van der Waals surface area contributed by atoms with E-state index in [9.17, 15) is 9.18 Å². The van der Waals surface area contributed by atoms with E-state index in [1.807, 2.05) is 0 Å². The van der Waals surface area contributed by atoms with Crippen LogP contribution in [0.1, 0.15) is 24.8 Å². The van der Waals surface area contributed by atoms with Crippen molar-refractivity contribution in [2.45, 2.75) is 24.7 Å². The number of amides is 1. The van der Waals surface area contributed by atoms with Gasteiger partial charge in [0.1, 0.15) is 11.6 Å². The molecule has 1 aromatic carbocycles. The summed E-state index contributed by atoms with van der Waals surface area (Å²) in [6, 6.07) is 9.58. The molecule has 1 aliphatic carbocycles. The molecule has 0 spiro atoms. The van der Waals surface area contributed by atoms with E-state index >= 15 is 0 Å². The van der Waals surface area contributed by atoms with Crippen molar-refractivity contribution >= 4 is 23.3 Å². The van der Waals surface area contributed by atoms with Crippen molar-refractivity contribution in [3.05, 3.63) is 59.0 Å². The van der Waals surface area contributed by atoms with E-state index in [2.05, 4.69) is 10.3 Å². The molecule has 0 unspecified atom stereocenters.